The first kappa shape index (κ1) is 6.62. The normalized spacial score (nSPS) is 35.4. The molecule has 1 aliphatic heterocycles. The maximum Gasteiger partial charge on any atom is 0.0399 e. The van der Waals surface area contributed by atoms with Gasteiger partial charge in [-0.05, 0) is 18.8 Å². The van der Waals surface area contributed by atoms with E-state index in [9.17, 15) is 0 Å². The molecule has 1 atom stereocenters. The SMILES string of the molecule is C1CC(C2CNCC[N]2)C1. The van der Waals surface area contributed by atoms with Crippen LogP contribution in [0.1, 0.15) is 19.3 Å². The fraction of sp³-hybridized carbons (Fsp3) is 1.00. The van der Waals surface area contributed by atoms with E-state index in [-0.39, 0.29) is 0 Å². The summed E-state index contributed by atoms with van der Waals surface area (Å²) in [7, 11) is 0. The Bertz CT molecular complexity index is 104. The molecule has 0 amide bonds. The molecule has 0 aromatic heterocycles. The van der Waals surface area contributed by atoms with Crippen LogP contribution in [0.4, 0.5) is 0 Å². The molecule has 2 heteroatoms. The maximum atomic E-state index is 4.59. The van der Waals surface area contributed by atoms with Crippen molar-refractivity contribution in [2.24, 2.45) is 5.92 Å². The van der Waals surface area contributed by atoms with E-state index < -0.39 is 0 Å². The molecule has 57 valence electrons. The average molecular weight is 139 g/mol. The Balaban J connectivity index is 1.78. The summed E-state index contributed by atoms with van der Waals surface area (Å²) in [6.45, 7) is 3.29. The van der Waals surface area contributed by atoms with Gasteiger partial charge in [0.25, 0.3) is 0 Å². The Kier molecular flexibility index (Phi) is 1.91. The zero-order valence-corrected chi connectivity index (χ0v) is 6.34. The molecular weight excluding hydrogens is 124 g/mol. The minimum absolute atomic E-state index is 0.669. The number of piperazine rings is 1. The highest BCUT2D eigenvalue weighted by atomic mass is 15.1. The number of hydrogen-bond donors (Lipinski definition) is 1. The predicted molar refractivity (Wildman–Crippen MR) is 41.0 cm³/mol. The number of nitrogens with one attached hydrogen (secondary N) is 1. The van der Waals surface area contributed by atoms with E-state index >= 15 is 0 Å². The molecule has 1 N–H and O–H groups in total. The smallest absolute Gasteiger partial charge is 0.0399 e. The largest absolute Gasteiger partial charge is 0.314 e. The van der Waals surface area contributed by atoms with Gasteiger partial charge in [0, 0.05) is 25.7 Å². The van der Waals surface area contributed by atoms with Crippen molar-refractivity contribution in [3.8, 4) is 0 Å². The first-order valence-corrected chi connectivity index (χ1v) is 4.34. The van der Waals surface area contributed by atoms with E-state index in [1.165, 1.54) is 19.3 Å². The standard InChI is InChI=1S/C8H15N2/c1-2-7(3-1)8-6-9-4-5-10-8/h7-9H,1-6H2. The quantitative estimate of drug-likeness (QED) is 0.558. The van der Waals surface area contributed by atoms with Crippen molar-refractivity contribution >= 4 is 0 Å². The molecule has 1 heterocycles. The summed E-state index contributed by atoms with van der Waals surface area (Å²) in [5.74, 6) is 0.938. The van der Waals surface area contributed by atoms with Crippen LogP contribution >= 0.6 is 0 Å². The van der Waals surface area contributed by atoms with Gasteiger partial charge in [0.1, 0.15) is 0 Å². The molecule has 0 spiro atoms. The van der Waals surface area contributed by atoms with E-state index in [0.29, 0.717) is 6.04 Å². The molecule has 2 nitrogen and oxygen atoms in total. The van der Waals surface area contributed by atoms with Gasteiger partial charge >= 0.3 is 0 Å². The fourth-order valence-corrected chi connectivity index (χ4v) is 1.76. The second kappa shape index (κ2) is 2.89. The maximum absolute atomic E-state index is 4.59. The van der Waals surface area contributed by atoms with Gasteiger partial charge in [-0.2, -0.15) is 0 Å². The van der Waals surface area contributed by atoms with E-state index in [2.05, 4.69) is 10.6 Å². The number of hydrogen-bond acceptors (Lipinski definition) is 1. The molecule has 1 saturated carbocycles. The Morgan fingerprint density at radius 1 is 1.30 bits per heavy atom. The summed E-state index contributed by atoms with van der Waals surface area (Å²) < 4.78 is 0. The van der Waals surface area contributed by atoms with Gasteiger partial charge in [-0.1, -0.05) is 6.42 Å². The molecule has 1 saturated heterocycles. The van der Waals surface area contributed by atoms with Gasteiger partial charge in [0.15, 0.2) is 0 Å². The van der Waals surface area contributed by atoms with Crippen LogP contribution in [0.25, 0.3) is 0 Å². The van der Waals surface area contributed by atoms with Crippen LogP contribution in [-0.2, 0) is 0 Å². The van der Waals surface area contributed by atoms with E-state index in [0.717, 1.165) is 25.6 Å². The summed E-state index contributed by atoms with van der Waals surface area (Å²) in [5.41, 5.74) is 0. The zero-order chi connectivity index (χ0) is 6.81. The lowest BCUT2D eigenvalue weighted by molar-refractivity contribution is 0.206. The molecule has 2 rings (SSSR count). The molecule has 1 radical (unpaired) electrons. The van der Waals surface area contributed by atoms with Crippen LogP contribution in [0.3, 0.4) is 0 Å². The minimum atomic E-state index is 0.669. The molecule has 2 fully saturated rings. The average Bonchev–Trinajstić information content (AvgIpc) is 1.86. The molecule has 2 aliphatic rings. The van der Waals surface area contributed by atoms with Crippen molar-refractivity contribution in [1.29, 1.82) is 0 Å². The highest BCUT2D eigenvalue weighted by Gasteiger charge is 2.28. The van der Waals surface area contributed by atoms with E-state index in [4.69, 9.17) is 0 Å². The fourth-order valence-electron chi connectivity index (χ4n) is 1.76. The topological polar surface area (TPSA) is 26.1 Å². The summed E-state index contributed by atoms with van der Waals surface area (Å²) in [6, 6.07) is 0.669. The van der Waals surface area contributed by atoms with Crippen LogP contribution in [0.5, 0.6) is 0 Å². The van der Waals surface area contributed by atoms with Gasteiger partial charge in [-0.25, -0.2) is 5.32 Å². The van der Waals surface area contributed by atoms with Crippen molar-refractivity contribution in [1.82, 2.24) is 10.6 Å². The van der Waals surface area contributed by atoms with Crippen LogP contribution in [0, 0.1) is 5.92 Å². The summed E-state index contributed by atoms with van der Waals surface area (Å²) in [6.07, 6.45) is 4.29. The first-order valence-electron chi connectivity index (χ1n) is 4.34. The molecule has 1 unspecified atom stereocenters. The second-order valence-corrected chi connectivity index (χ2v) is 3.37. The van der Waals surface area contributed by atoms with Crippen molar-refractivity contribution in [2.75, 3.05) is 19.6 Å². The lowest BCUT2D eigenvalue weighted by Gasteiger charge is -2.35. The molecule has 10 heavy (non-hydrogen) atoms. The Hall–Kier alpha value is -0.0800. The monoisotopic (exact) mass is 139 g/mol. The van der Waals surface area contributed by atoms with E-state index in [1.807, 2.05) is 0 Å². The van der Waals surface area contributed by atoms with Crippen LogP contribution in [-0.4, -0.2) is 25.7 Å². The van der Waals surface area contributed by atoms with Gasteiger partial charge in [-0.15, -0.1) is 0 Å². The minimum Gasteiger partial charge on any atom is -0.314 e. The molecule has 0 aromatic carbocycles. The van der Waals surface area contributed by atoms with Gasteiger partial charge < -0.3 is 5.32 Å². The summed E-state index contributed by atoms with van der Waals surface area (Å²) in [5, 5.41) is 7.98. The number of nitrogens with zero attached hydrogens (tertiary/aromatic N) is 1. The molecule has 0 bridgehead atoms. The van der Waals surface area contributed by atoms with Gasteiger partial charge in [0.2, 0.25) is 0 Å². The lowest BCUT2D eigenvalue weighted by atomic mass is 9.79. The van der Waals surface area contributed by atoms with Crippen molar-refractivity contribution < 1.29 is 0 Å². The highest BCUT2D eigenvalue weighted by molar-refractivity contribution is 4.86. The van der Waals surface area contributed by atoms with E-state index in [1.54, 1.807) is 0 Å². The van der Waals surface area contributed by atoms with Crippen molar-refractivity contribution in [2.45, 2.75) is 25.3 Å². The third-order valence-corrected chi connectivity index (χ3v) is 2.70. The molecule has 1 aliphatic carbocycles. The van der Waals surface area contributed by atoms with Gasteiger partial charge in [-0.3, -0.25) is 0 Å². The van der Waals surface area contributed by atoms with Crippen LogP contribution in [0.2, 0.25) is 0 Å². The molecule has 0 aromatic rings. The van der Waals surface area contributed by atoms with Crippen molar-refractivity contribution in [3.63, 3.8) is 0 Å². The summed E-state index contributed by atoms with van der Waals surface area (Å²) >= 11 is 0. The third kappa shape index (κ3) is 1.18. The number of rotatable bonds is 1. The Labute approximate surface area is 62.4 Å². The van der Waals surface area contributed by atoms with Gasteiger partial charge in [0.05, 0.1) is 0 Å². The Morgan fingerprint density at radius 2 is 2.20 bits per heavy atom. The van der Waals surface area contributed by atoms with Crippen LogP contribution < -0.4 is 10.6 Å². The first-order chi connectivity index (χ1) is 4.97. The van der Waals surface area contributed by atoms with Crippen LogP contribution in [0.15, 0.2) is 0 Å². The Morgan fingerprint density at radius 3 is 2.70 bits per heavy atom. The lowest BCUT2D eigenvalue weighted by Crippen LogP contribution is -2.49. The molecular formula is C8H15N2. The third-order valence-electron chi connectivity index (χ3n) is 2.70. The zero-order valence-electron chi connectivity index (χ0n) is 6.34. The second-order valence-electron chi connectivity index (χ2n) is 3.37. The van der Waals surface area contributed by atoms with Crippen molar-refractivity contribution in [3.05, 3.63) is 0 Å². The highest BCUT2D eigenvalue weighted by Crippen LogP contribution is 2.30. The predicted octanol–water partition coefficient (Wildman–Crippen LogP) is 0.363. The summed E-state index contributed by atoms with van der Waals surface area (Å²) in [4.78, 5) is 0.